The van der Waals surface area contributed by atoms with Crippen molar-refractivity contribution in [1.29, 1.82) is 0 Å². The molecular weight excluding hydrogens is 387 g/mol. The smallest absolute Gasteiger partial charge is 0.227 e. The normalized spacial score (nSPS) is 17.2. The fourth-order valence-corrected chi connectivity index (χ4v) is 2.67. The zero-order chi connectivity index (χ0) is 15.1. The quantitative estimate of drug-likeness (QED) is 0.617. The maximum atomic E-state index is 11.8. The van der Waals surface area contributed by atoms with Gasteiger partial charge < -0.3 is 0 Å². The van der Waals surface area contributed by atoms with Crippen molar-refractivity contribution in [3.8, 4) is 0 Å². The summed E-state index contributed by atoms with van der Waals surface area (Å²) < 4.78 is 0. The van der Waals surface area contributed by atoms with Crippen LogP contribution in [0.4, 0.5) is 5.69 Å². The minimum Gasteiger partial charge on any atom is -0.289 e. The lowest BCUT2D eigenvalue weighted by molar-refractivity contribution is -0.115. The Kier molecular flexibility index (Phi) is 8.38. The molecule has 0 N–H and O–H groups in total. The van der Waals surface area contributed by atoms with Gasteiger partial charge in [0.25, 0.3) is 0 Å². The van der Waals surface area contributed by atoms with Gasteiger partial charge in [0.2, 0.25) is 5.91 Å². The summed E-state index contributed by atoms with van der Waals surface area (Å²) in [4.78, 5) is 18.1. The molecule has 22 heavy (non-hydrogen) atoms. The van der Waals surface area contributed by atoms with Crippen LogP contribution in [0.2, 0.25) is 0 Å². The summed E-state index contributed by atoms with van der Waals surface area (Å²) in [5.41, 5.74) is 2.04. The minimum absolute atomic E-state index is 0. The van der Waals surface area contributed by atoms with Crippen LogP contribution in [0, 0.1) is 5.92 Å². The highest BCUT2D eigenvalue weighted by Crippen LogP contribution is 2.22. The van der Waals surface area contributed by atoms with Gasteiger partial charge in [-0.1, -0.05) is 38.0 Å². The second-order valence-electron chi connectivity index (χ2n) is 5.47. The van der Waals surface area contributed by atoms with Gasteiger partial charge >= 0.3 is 0 Å². The maximum absolute atomic E-state index is 11.8. The van der Waals surface area contributed by atoms with Crippen molar-refractivity contribution in [2.24, 2.45) is 10.9 Å². The SMILES string of the molecule is CCCCC1CCN=C1C=CN(C(C)=O)c1ccccc1.I. The van der Waals surface area contributed by atoms with Crippen LogP contribution >= 0.6 is 24.0 Å². The number of benzene rings is 1. The first-order chi connectivity index (χ1) is 10.2. The number of allylic oxidation sites excluding steroid dienone is 1. The number of hydrogen-bond acceptors (Lipinski definition) is 2. The number of carbonyl (C=O) groups excluding carboxylic acids is 1. The van der Waals surface area contributed by atoms with Crippen molar-refractivity contribution in [3.05, 3.63) is 42.6 Å². The van der Waals surface area contributed by atoms with Crippen LogP contribution in [-0.4, -0.2) is 18.2 Å². The molecule has 1 atom stereocenters. The number of rotatable bonds is 6. The molecule has 1 aliphatic heterocycles. The van der Waals surface area contributed by atoms with E-state index >= 15 is 0 Å². The molecule has 0 saturated carbocycles. The van der Waals surface area contributed by atoms with Gasteiger partial charge in [-0.25, -0.2) is 0 Å². The predicted molar refractivity (Wildman–Crippen MR) is 104 cm³/mol. The number of halogens is 1. The summed E-state index contributed by atoms with van der Waals surface area (Å²) >= 11 is 0. The van der Waals surface area contributed by atoms with Gasteiger partial charge in [0.15, 0.2) is 0 Å². The Bertz CT molecular complexity index is 525. The summed E-state index contributed by atoms with van der Waals surface area (Å²) in [7, 11) is 0. The van der Waals surface area contributed by atoms with Gasteiger partial charge in [0.1, 0.15) is 0 Å². The van der Waals surface area contributed by atoms with E-state index in [-0.39, 0.29) is 29.9 Å². The largest absolute Gasteiger partial charge is 0.289 e. The first kappa shape index (κ1) is 18.9. The Morgan fingerprint density at radius 2 is 2.09 bits per heavy atom. The number of anilines is 1. The number of hydrogen-bond donors (Lipinski definition) is 0. The number of para-hydroxylation sites is 1. The molecule has 1 amide bonds. The van der Waals surface area contributed by atoms with E-state index in [1.165, 1.54) is 19.3 Å². The van der Waals surface area contributed by atoms with E-state index in [2.05, 4.69) is 11.9 Å². The van der Waals surface area contributed by atoms with Crippen LogP contribution in [-0.2, 0) is 4.79 Å². The fourth-order valence-electron chi connectivity index (χ4n) is 2.67. The van der Waals surface area contributed by atoms with Gasteiger partial charge in [-0.3, -0.25) is 14.7 Å². The van der Waals surface area contributed by atoms with E-state index in [1.807, 2.05) is 42.6 Å². The van der Waals surface area contributed by atoms with Crippen molar-refractivity contribution >= 4 is 41.3 Å². The molecule has 0 saturated heterocycles. The van der Waals surface area contributed by atoms with E-state index in [4.69, 9.17) is 0 Å². The second kappa shape index (κ2) is 9.77. The molecule has 4 heteroatoms. The second-order valence-corrected chi connectivity index (χ2v) is 5.47. The average Bonchev–Trinajstić information content (AvgIpc) is 2.93. The lowest BCUT2D eigenvalue weighted by Crippen LogP contribution is -2.22. The number of aliphatic imine (C=N–C) groups is 1. The molecule has 1 aromatic carbocycles. The van der Waals surface area contributed by atoms with E-state index in [0.29, 0.717) is 5.92 Å². The summed E-state index contributed by atoms with van der Waals surface area (Å²) in [6, 6.07) is 9.72. The molecule has 3 nitrogen and oxygen atoms in total. The van der Waals surface area contributed by atoms with Crippen LogP contribution in [0.1, 0.15) is 39.5 Å². The minimum atomic E-state index is 0. The standard InChI is InChI=1S/C18H24N2O.HI/c1-3-4-8-16-11-13-19-18(16)12-14-20(15(2)21)17-9-6-5-7-10-17;/h5-7,9-10,12,14,16H,3-4,8,11,13H2,1-2H3;1H. The molecule has 0 aromatic heterocycles. The number of nitrogens with zero attached hydrogens (tertiary/aromatic N) is 2. The molecule has 0 bridgehead atoms. The van der Waals surface area contributed by atoms with Crippen molar-refractivity contribution in [2.75, 3.05) is 11.4 Å². The third-order valence-electron chi connectivity index (χ3n) is 3.86. The van der Waals surface area contributed by atoms with E-state index < -0.39 is 0 Å². The van der Waals surface area contributed by atoms with Gasteiger partial charge in [-0.05, 0) is 31.1 Å². The van der Waals surface area contributed by atoms with Crippen molar-refractivity contribution in [2.45, 2.75) is 39.5 Å². The van der Waals surface area contributed by atoms with Gasteiger partial charge in [0.05, 0.1) is 0 Å². The molecule has 0 fully saturated rings. The molecule has 120 valence electrons. The Balaban J connectivity index is 0.00000242. The molecule has 1 heterocycles. The predicted octanol–water partition coefficient (Wildman–Crippen LogP) is 4.82. The fraction of sp³-hybridized carbons (Fsp3) is 0.444. The number of carbonyl (C=O) groups is 1. The molecule has 0 radical (unpaired) electrons. The highest BCUT2D eigenvalue weighted by molar-refractivity contribution is 14.0. The summed E-state index contributed by atoms with van der Waals surface area (Å²) in [5.74, 6) is 0.576. The van der Waals surface area contributed by atoms with Crippen LogP contribution < -0.4 is 4.90 Å². The van der Waals surface area contributed by atoms with Crippen LogP contribution in [0.5, 0.6) is 0 Å². The Hall–Kier alpha value is -1.17. The summed E-state index contributed by atoms with van der Waals surface area (Å²) in [5, 5.41) is 0. The van der Waals surface area contributed by atoms with E-state index in [1.54, 1.807) is 11.8 Å². The Morgan fingerprint density at radius 3 is 2.73 bits per heavy atom. The molecule has 1 unspecified atom stereocenters. The molecule has 0 aliphatic carbocycles. The van der Waals surface area contributed by atoms with Crippen molar-refractivity contribution < 1.29 is 4.79 Å². The first-order valence-electron chi connectivity index (χ1n) is 7.79. The lowest BCUT2D eigenvalue weighted by atomic mass is 9.96. The molecule has 2 rings (SSSR count). The van der Waals surface area contributed by atoms with Gasteiger partial charge in [0, 0.05) is 37.0 Å². The third kappa shape index (κ3) is 5.23. The lowest BCUT2D eigenvalue weighted by Gasteiger charge is -2.17. The molecular formula is C18H25IN2O. The Morgan fingerprint density at radius 1 is 1.36 bits per heavy atom. The highest BCUT2D eigenvalue weighted by atomic mass is 127. The zero-order valence-corrected chi connectivity index (χ0v) is 15.7. The Labute approximate surface area is 150 Å². The van der Waals surface area contributed by atoms with E-state index in [0.717, 1.165) is 24.4 Å². The highest BCUT2D eigenvalue weighted by Gasteiger charge is 2.18. The summed E-state index contributed by atoms with van der Waals surface area (Å²) in [6.07, 6.45) is 8.68. The summed E-state index contributed by atoms with van der Waals surface area (Å²) in [6.45, 7) is 4.72. The first-order valence-corrected chi connectivity index (χ1v) is 7.79. The molecule has 0 spiro atoms. The number of unbranched alkanes of at least 4 members (excludes halogenated alkanes) is 1. The molecule has 1 aliphatic rings. The van der Waals surface area contributed by atoms with Gasteiger partial charge in [-0.2, -0.15) is 0 Å². The third-order valence-corrected chi connectivity index (χ3v) is 3.86. The number of amides is 1. The van der Waals surface area contributed by atoms with Crippen LogP contribution in [0.3, 0.4) is 0 Å². The van der Waals surface area contributed by atoms with Crippen molar-refractivity contribution in [1.82, 2.24) is 0 Å². The zero-order valence-electron chi connectivity index (χ0n) is 13.4. The van der Waals surface area contributed by atoms with Gasteiger partial charge in [-0.15, -0.1) is 24.0 Å². The van der Waals surface area contributed by atoms with Crippen LogP contribution in [0.15, 0.2) is 47.6 Å². The molecule has 1 aromatic rings. The average molecular weight is 412 g/mol. The maximum Gasteiger partial charge on any atom is 0.227 e. The van der Waals surface area contributed by atoms with Crippen molar-refractivity contribution in [3.63, 3.8) is 0 Å². The monoisotopic (exact) mass is 412 g/mol. The van der Waals surface area contributed by atoms with Crippen LogP contribution in [0.25, 0.3) is 0 Å². The van der Waals surface area contributed by atoms with E-state index in [9.17, 15) is 4.79 Å². The topological polar surface area (TPSA) is 32.7 Å².